The van der Waals surface area contributed by atoms with E-state index >= 15 is 0 Å². The molecule has 2 aliphatic heterocycles. The molecule has 1 spiro atoms. The Balaban J connectivity index is 1.38. The van der Waals surface area contributed by atoms with Gasteiger partial charge in [0.05, 0.1) is 30.2 Å². The second-order valence-corrected chi connectivity index (χ2v) is 8.61. The van der Waals surface area contributed by atoms with Crippen molar-refractivity contribution in [3.63, 3.8) is 0 Å². The first-order valence-corrected chi connectivity index (χ1v) is 10.7. The summed E-state index contributed by atoms with van der Waals surface area (Å²) in [4.78, 5) is 23.3. The fraction of sp³-hybridized carbons (Fsp3) is 0.476. The van der Waals surface area contributed by atoms with E-state index in [0.29, 0.717) is 5.95 Å². The summed E-state index contributed by atoms with van der Waals surface area (Å²) in [6, 6.07) is 2.00. The van der Waals surface area contributed by atoms with E-state index in [0.717, 1.165) is 40.9 Å². The lowest BCUT2D eigenvalue weighted by Crippen LogP contribution is -2.50. The average molecular weight is 403 g/mol. The molecule has 1 fully saturated rings. The van der Waals surface area contributed by atoms with Crippen LogP contribution in [0.5, 0.6) is 0 Å². The zero-order valence-electron chi connectivity index (χ0n) is 17.3. The van der Waals surface area contributed by atoms with E-state index in [9.17, 15) is 0 Å². The lowest BCUT2D eigenvalue weighted by atomic mass is 9.89. The Morgan fingerprint density at radius 3 is 2.77 bits per heavy atom. The molecule has 0 amide bonds. The van der Waals surface area contributed by atoms with Crippen LogP contribution < -0.4 is 15.1 Å². The zero-order valence-corrected chi connectivity index (χ0v) is 17.3. The Morgan fingerprint density at radius 2 is 1.93 bits per heavy atom. The molecule has 0 atom stereocenters. The molecule has 0 unspecified atom stereocenters. The normalized spacial score (nSPS) is 19.7. The van der Waals surface area contributed by atoms with Crippen LogP contribution in [0.3, 0.4) is 0 Å². The first kappa shape index (κ1) is 17.6. The van der Waals surface area contributed by atoms with Gasteiger partial charge >= 0.3 is 0 Å². The summed E-state index contributed by atoms with van der Waals surface area (Å²) in [6.45, 7) is 2.91. The third-order valence-electron chi connectivity index (χ3n) is 6.72. The highest BCUT2D eigenvalue weighted by molar-refractivity contribution is 6.16. The van der Waals surface area contributed by atoms with Crippen molar-refractivity contribution >= 4 is 34.7 Å². The van der Waals surface area contributed by atoms with Gasteiger partial charge in [0, 0.05) is 7.05 Å². The van der Waals surface area contributed by atoms with Crippen LogP contribution in [0.4, 0.5) is 23.1 Å². The number of nitrogens with one attached hydrogen (secondary N) is 1. The number of aliphatic imine (C=N–C) groups is 1. The smallest absolute Gasteiger partial charge is 0.229 e. The number of nitrogens with zero attached hydrogens (tertiary/aromatic N) is 8. The molecule has 5 heterocycles. The summed E-state index contributed by atoms with van der Waals surface area (Å²) in [5.74, 6) is 2.56. The molecule has 9 heteroatoms. The van der Waals surface area contributed by atoms with Crippen LogP contribution in [-0.2, 0) is 0 Å². The van der Waals surface area contributed by atoms with Gasteiger partial charge in [0.2, 0.25) is 11.9 Å². The van der Waals surface area contributed by atoms with Crippen LogP contribution in [0.2, 0.25) is 0 Å². The lowest BCUT2D eigenvalue weighted by molar-refractivity contribution is 0.399. The van der Waals surface area contributed by atoms with Crippen molar-refractivity contribution in [2.24, 2.45) is 4.99 Å². The summed E-state index contributed by atoms with van der Waals surface area (Å²) in [5.41, 5.74) is 3.89. The summed E-state index contributed by atoms with van der Waals surface area (Å²) in [7, 11) is 2.06. The van der Waals surface area contributed by atoms with E-state index in [1.54, 1.807) is 10.8 Å². The van der Waals surface area contributed by atoms with E-state index in [-0.39, 0.29) is 5.54 Å². The standard InChI is InChI=1S/C21H25N9/c1-14-9-17-24-13-25-29(17)11-15(14)26-19-22-10-16-18(27-19)30-20(28(16)2)23-12-21(30)7-5-3-4-6-8-21/h9-11,13H,3-8,12H2,1-2H3,(H,22,26,27). The maximum Gasteiger partial charge on any atom is 0.229 e. The van der Waals surface area contributed by atoms with Crippen LogP contribution in [0.15, 0.2) is 29.8 Å². The van der Waals surface area contributed by atoms with Gasteiger partial charge in [-0.3, -0.25) is 4.90 Å². The predicted molar refractivity (Wildman–Crippen MR) is 117 cm³/mol. The molecule has 3 aromatic heterocycles. The third-order valence-corrected chi connectivity index (χ3v) is 6.72. The van der Waals surface area contributed by atoms with Crippen LogP contribution in [0, 0.1) is 6.92 Å². The van der Waals surface area contributed by atoms with Crippen LogP contribution in [0.25, 0.3) is 5.65 Å². The van der Waals surface area contributed by atoms with Gasteiger partial charge < -0.3 is 10.2 Å². The van der Waals surface area contributed by atoms with Gasteiger partial charge in [-0.25, -0.2) is 19.5 Å². The second-order valence-electron chi connectivity index (χ2n) is 8.61. The van der Waals surface area contributed by atoms with E-state index < -0.39 is 0 Å². The van der Waals surface area contributed by atoms with E-state index in [1.807, 2.05) is 25.4 Å². The summed E-state index contributed by atoms with van der Waals surface area (Å²) in [5, 5.41) is 7.62. The molecule has 3 aliphatic rings. The highest BCUT2D eigenvalue weighted by Crippen LogP contribution is 2.47. The number of rotatable bonds is 2. The third kappa shape index (κ3) is 2.50. The number of anilines is 4. The van der Waals surface area contributed by atoms with Gasteiger partial charge in [-0.1, -0.05) is 25.7 Å². The first-order valence-electron chi connectivity index (χ1n) is 10.7. The molecular formula is C21H25N9. The Labute approximate surface area is 174 Å². The molecule has 154 valence electrons. The van der Waals surface area contributed by atoms with E-state index in [4.69, 9.17) is 9.98 Å². The van der Waals surface area contributed by atoms with Gasteiger partial charge in [0.1, 0.15) is 12.0 Å². The molecule has 0 saturated heterocycles. The molecule has 3 aromatic rings. The van der Waals surface area contributed by atoms with Crippen molar-refractivity contribution in [1.82, 2.24) is 24.6 Å². The Bertz CT molecular complexity index is 1160. The minimum Gasteiger partial charge on any atom is -0.323 e. The predicted octanol–water partition coefficient (Wildman–Crippen LogP) is 3.29. The van der Waals surface area contributed by atoms with Gasteiger partial charge in [-0.15, -0.1) is 0 Å². The molecule has 0 aromatic carbocycles. The Hall–Kier alpha value is -3.23. The highest BCUT2D eigenvalue weighted by Gasteiger charge is 2.50. The first-order chi connectivity index (χ1) is 14.6. The van der Waals surface area contributed by atoms with Crippen molar-refractivity contribution in [2.75, 3.05) is 28.7 Å². The SMILES string of the molecule is Cc1cc2ncnn2cc1Nc1ncc2c(n1)N1C(=NCC13CCCCCC3)N2C. The molecule has 1 aliphatic carbocycles. The van der Waals surface area contributed by atoms with Crippen LogP contribution in [0.1, 0.15) is 44.1 Å². The van der Waals surface area contributed by atoms with E-state index in [1.165, 1.54) is 38.5 Å². The molecule has 1 N–H and O–H groups in total. The second kappa shape index (κ2) is 6.38. The maximum atomic E-state index is 4.97. The van der Waals surface area contributed by atoms with Crippen molar-refractivity contribution in [3.05, 3.63) is 30.4 Å². The van der Waals surface area contributed by atoms with Crippen molar-refractivity contribution in [2.45, 2.75) is 51.0 Å². The highest BCUT2D eigenvalue weighted by atomic mass is 15.5. The number of guanidine groups is 1. The monoisotopic (exact) mass is 403 g/mol. The van der Waals surface area contributed by atoms with Crippen molar-refractivity contribution in [3.8, 4) is 0 Å². The molecule has 9 nitrogen and oxygen atoms in total. The van der Waals surface area contributed by atoms with Crippen molar-refractivity contribution in [1.29, 1.82) is 0 Å². The number of hydrogen-bond acceptors (Lipinski definition) is 8. The van der Waals surface area contributed by atoms with E-state index in [2.05, 4.69) is 37.2 Å². The largest absolute Gasteiger partial charge is 0.323 e. The van der Waals surface area contributed by atoms with Gasteiger partial charge in [-0.05, 0) is 31.4 Å². The fourth-order valence-electron chi connectivity index (χ4n) is 5.06. The summed E-state index contributed by atoms with van der Waals surface area (Å²) >= 11 is 0. The average Bonchev–Trinajstić information content (AvgIpc) is 3.35. The Kier molecular flexibility index (Phi) is 3.75. The van der Waals surface area contributed by atoms with Gasteiger partial charge in [-0.2, -0.15) is 10.1 Å². The summed E-state index contributed by atoms with van der Waals surface area (Å²) < 4.78 is 1.75. The molecule has 0 radical (unpaired) electrons. The Morgan fingerprint density at radius 1 is 1.10 bits per heavy atom. The fourth-order valence-corrected chi connectivity index (χ4v) is 5.06. The topological polar surface area (TPSA) is 86.8 Å². The molecule has 6 rings (SSSR count). The number of aryl methyl sites for hydroxylation is 1. The quantitative estimate of drug-likeness (QED) is 0.702. The summed E-state index contributed by atoms with van der Waals surface area (Å²) in [6.07, 6.45) is 12.9. The van der Waals surface area contributed by atoms with Crippen LogP contribution in [-0.4, -0.2) is 49.7 Å². The van der Waals surface area contributed by atoms with Crippen molar-refractivity contribution < 1.29 is 0 Å². The number of pyridine rings is 1. The van der Waals surface area contributed by atoms with Gasteiger partial charge in [0.25, 0.3) is 0 Å². The van der Waals surface area contributed by atoms with Crippen LogP contribution >= 0.6 is 0 Å². The maximum absolute atomic E-state index is 4.97. The number of aromatic nitrogens is 5. The molecule has 30 heavy (non-hydrogen) atoms. The molecular weight excluding hydrogens is 378 g/mol. The molecule has 1 saturated carbocycles. The molecule has 0 bridgehead atoms. The van der Waals surface area contributed by atoms with Gasteiger partial charge in [0.15, 0.2) is 11.5 Å². The minimum absolute atomic E-state index is 0.0620. The minimum atomic E-state index is 0.0620. The zero-order chi connectivity index (χ0) is 20.3. The number of hydrogen-bond donors (Lipinski definition) is 1. The lowest BCUT2D eigenvalue weighted by Gasteiger charge is -2.36. The number of fused-ring (bicyclic) bond motifs is 5.